The normalized spacial score (nSPS) is 22.8. The van der Waals surface area contributed by atoms with Crippen molar-refractivity contribution in [1.82, 2.24) is 24.6 Å². The van der Waals surface area contributed by atoms with E-state index in [-0.39, 0.29) is 12.2 Å². The number of carbonyl (C=O) groups excluding carboxylic acids is 2. The van der Waals surface area contributed by atoms with E-state index in [1.54, 1.807) is 34.6 Å². The minimum Gasteiger partial charge on any atom is -0.462 e. The number of fused-ring (bicyclic) bond motifs is 1. The molecule has 226 valence electrons. The van der Waals surface area contributed by atoms with E-state index < -0.39 is 69.5 Å². The molecule has 0 amide bonds. The van der Waals surface area contributed by atoms with Crippen molar-refractivity contribution in [2.75, 3.05) is 19.1 Å². The van der Waals surface area contributed by atoms with Gasteiger partial charge < -0.3 is 29.8 Å². The molecule has 1 saturated heterocycles. The summed E-state index contributed by atoms with van der Waals surface area (Å²) in [5.74, 6) is 2.19. The second-order valence-corrected chi connectivity index (χ2v) is 11.5. The predicted octanol–water partition coefficient (Wildman–Crippen LogP) is 1.96. The Hall–Kier alpha value is -3.32. The van der Waals surface area contributed by atoms with Gasteiger partial charge in [-0.15, -0.1) is 6.42 Å². The van der Waals surface area contributed by atoms with Crippen LogP contribution < -0.4 is 10.8 Å². The van der Waals surface area contributed by atoms with Crippen LogP contribution in [0.3, 0.4) is 0 Å². The molecule has 2 aromatic rings. The van der Waals surface area contributed by atoms with Crippen LogP contribution in [0.1, 0.15) is 53.1 Å². The van der Waals surface area contributed by atoms with E-state index in [1.165, 1.54) is 17.8 Å². The summed E-state index contributed by atoms with van der Waals surface area (Å²) in [7, 11) is -4.46. The number of esters is 1. The molecule has 0 saturated carbocycles. The first-order valence-electron chi connectivity index (χ1n) is 12.7. The van der Waals surface area contributed by atoms with Crippen molar-refractivity contribution >= 4 is 36.9 Å². The lowest BCUT2D eigenvalue weighted by molar-refractivity contribution is -0.149. The number of anilines is 1. The van der Waals surface area contributed by atoms with Crippen LogP contribution in [0.4, 0.5) is 10.6 Å². The van der Waals surface area contributed by atoms with E-state index in [9.17, 15) is 19.3 Å². The number of aryl methyl sites for hydroxylation is 1. The minimum absolute atomic E-state index is 0.0121. The van der Waals surface area contributed by atoms with E-state index >= 15 is 0 Å². The first-order valence-corrected chi connectivity index (χ1v) is 14.2. The number of nitrogen functional groups attached to an aromatic ring is 1. The monoisotopic (exact) mass is 598 g/mol. The SMILES string of the molecule is C#C[C@]1(COP(=O)(N[C@@H](C)C(=O)OC(C)C)OCOC(=O)OC(C)C)O[C@@H](n2cnc3c(N)nc(C)nc32)C[C@@H]1O. The van der Waals surface area contributed by atoms with Crippen LogP contribution in [0, 0.1) is 19.3 Å². The van der Waals surface area contributed by atoms with E-state index in [0.29, 0.717) is 17.0 Å². The fourth-order valence-electron chi connectivity index (χ4n) is 3.77. The van der Waals surface area contributed by atoms with E-state index in [1.807, 2.05) is 0 Å². The zero-order valence-electron chi connectivity index (χ0n) is 23.6. The molecular weight excluding hydrogens is 563 g/mol. The number of nitrogens with one attached hydrogen (secondary N) is 1. The molecule has 0 spiro atoms. The first-order chi connectivity index (χ1) is 19.2. The third-order valence-electron chi connectivity index (χ3n) is 5.66. The van der Waals surface area contributed by atoms with Gasteiger partial charge in [0.2, 0.25) is 6.79 Å². The highest BCUT2D eigenvalue weighted by molar-refractivity contribution is 7.51. The summed E-state index contributed by atoms with van der Waals surface area (Å²) in [5, 5.41) is 13.4. The van der Waals surface area contributed by atoms with Crippen LogP contribution >= 0.6 is 7.75 Å². The molecule has 1 unspecified atom stereocenters. The molecule has 0 aliphatic carbocycles. The molecule has 0 radical (unpaired) electrons. The van der Waals surface area contributed by atoms with Crippen LogP contribution in [0.15, 0.2) is 6.33 Å². The number of aliphatic hydroxyl groups is 1. The smallest absolute Gasteiger partial charge is 0.462 e. The molecule has 1 fully saturated rings. The van der Waals surface area contributed by atoms with Gasteiger partial charge in [0.05, 0.1) is 18.5 Å². The summed E-state index contributed by atoms with van der Waals surface area (Å²) >= 11 is 0. The van der Waals surface area contributed by atoms with Gasteiger partial charge in [0.25, 0.3) is 0 Å². The molecule has 16 nitrogen and oxygen atoms in total. The Bertz CT molecular complexity index is 1340. The number of aromatic nitrogens is 4. The van der Waals surface area contributed by atoms with Gasteiger partial charge in [0, 0.05) is 6.42 Å². The van der Waals surface area contributed by atoms with Crippen molar-refractivity contribution < 1.29 is 47.3 Å². The van der Waals surface area contributed by atoms with Gasteiger partial charge in [0.1, 0.15) is 36.3 Å². The highest BCUT2D eigenvalue weighted by Crippen LogP contribution is 2.47. The van der Waals surface area contributed by atoms with Crippen molar-refractivity contribution in [2.45, 2.75) is 84.1 Å². The molecule has 3 heterocycles. The van der Waals surface area contributed by atoms with E-state index in [2.05, 4.69) is 26.0 Å². The Morgan fingerprint density at radius 1 is 1.27 bits per heavy atom. The Morgan fingerprint density at radius 2 is 1.95 bits per heavy atom. The third kappa shape index (κ3) is 7.91. The van der Waals surface area contributed by atoms with Gasteiger partial charge in [0.15, 0.2) is 17.1 Å². The van der Waals surface area contributed by atoms with E-state index in [0.717, 1.165) is 0 Å². The summed E-state index contributed by atoms with van der Waals surface area (Å²) in [6.45, 7) is 8.00. The molecule has 17 heteroatoms. The molecular formula is C24H35N6O10P. The number of hydrogen-bond donors (Lipinski definition) is 3. The zero-order chi connectivity index (χ0) is 30.5. The number of carbonyl (C=O) groups is 2. The molecule has 2 aromatic heterocycles. The molecule has 3 rings (SSSR count). The fourth-order valence-corrected chi connectivity index (χ4v) is 5.13. The highest BCUT2D eigenvalue weighted by atomic mass is 31.2. The lowest BCUT2D eigenvalue weighted by Crippen LogP contribution is -2.43. The standard InChI is InChI=1S/C24H35N6O10P/c1-8-24(17(31)9-18(40-24)30-11-26-19-20(25)27-16(7)28-21(19)30)10-36-41(34,29-15(6)22(32)38-13(2)3)37-12-35-23(33)39-14(4)5/h1,11,13-15,17-18,31H,9-10,12H2,2-7H3,(H,29,34)(H2,25,27,28)/t15-,17-,18+,24+,41?/m0/s1. The molecule has 0 bridgehead atoms. The first kappa shape index (κ1) is 32.2. The summed E-state index contributed by atoms with van der Waals surface area (Å²) in [6.07, 6.45) is 3.01. The van der Waals surface area contributed by atoms with Gasteiger partial charge in [-0.2, -0.15) is 0 Å². The van der Waals surface area contributed by atoms with Crippen LogP contribution in [0.25, 0.3) is 11.2 Å². The number of hydrogen-bond acceptors (Lipinski definition) is 14. The fraction of sp³-hybridized carbons (Fsp3) is 0.625. The van der Waals surface area contributed by atoms with Crippen LogP contribution in [0.5, 0.6) is 0 Å². The molecule has 1 aliphatic heterocycles. The Morgan fingerprint density at radius 3 is 2.59 bits per heavy atom. The van der Waals surface area contributed by atoms with Crippen LogP contribution in [-0.2, 0) is 37.4 Å². The topological polar surface area (TPSA) is 208 Å². The number of aliphatic hydroxyl groups excluding tert-OH is 1. The molecule has 5 atom stereocenters. The average molecular weight is 599 g/mol. The summed E-state index contributed by atoms with van der Waals surface area (Å²) in [4.78, 5) is 36.7. The van der Waals surface area contributed by atoms with Crippen molar-refractivity contribution in [1.29, 1.82) is 0 Å². The summed E-state index contributed by atoms with van der Waals surface area (Å²) in [6, 6.07) is -1.18. The van der Waals surface area contributed by atoms with Crippen LogP contribution in [0.2, 0.25) is 0 Å². The largest absolute Gasteiger partial charge is 0.510 e. The number of imidazole rings is 1. The van der Waals surface area contributed by atoms with Gasteiger partial charge >= 0.3 is 19.9 Å². The Labute approximate surface area is 236 Å². The van der Waals surface area contributed by atoms with Crippen molar-refractivity contribution in [2.24, 2.45) is 0 Å². The Kier molecular flexibility index (Phi) is 10.3. The maximum absolute atomic E-state index is 13.7. The van der Waals surface area contributed by atoms with Crippen molar-refractivity contribution in [3.05, 3.63) is 12.2 Å². The second kappa shape index (κ2) is 13.1. The van der Waals surface area contributed by atoms with Gasteiger partial charge in [-0.3, -0.25) is 18.4 Å². The van der Waals surface area contributed by atoms with Crippen molar-refractivity contribution in [3.63, 3.8) is 0 Å². The molecule has 1 aliphatic rings. The highest BCUT2D eigenvalue weighted by Gasteiger charge is 2.50. The van der Waals surface area contributed by atoms with Gasteiger partial charge in [-0.25, -0.2) is 29.4 Å². The van der Waals surface area contributed by atoms with Gasteiger partial charge in [-0.1, -0.05) is 5.92 Å². The average Bonchev–Trinajstić information content (AvgIpc) is 3.43. The summed E-state index contributed by atoms with van der Waals surface area (Å²) < 4.78 is 46.7. The second-order valence-electron chi connectivity index (χ2n) is 9.75. The lowest BCUT2D eigenvalue weighted by atomic mass is 9.99. The van der Waals surface area contributed by atoms with Gasteiger partial charge in [-0.05, 0) is 41.5 Å². The van der Waals surface area contributed by atoms with Crippen molar-refractivity contribution in [3.8, 4) is 12.3 Å². The molecule has 41 heavy (non-hydrogen) atoms. The zero-order valence-corrected chi connectivity index (χ0v) is 24.5. The third-order valence-corrected chi connectivity index (χ3v) is 7.28. The predicted molar refractivity (Wildman–Crippen MR) is 143 cm³/mol. The van der Waals surface area contributed by atoms with E-state index in [4.69, 9.17) is 40.2 Å². The Balaban J connectivity index is 1.79. The number of terminal acetylenes is 1. The quantitative estimate of drug-likeness (QED) is 0.138. The molecule has 0 aromatic carbocycles. The lowest BCUT2D eigenvalue weighted by Gasteiger charge is -2.29. The number of nitrogens with zero attached hydrogens (tertiary/aromatic N) is 4. The number of nitrogens with two attached hydrogens (primary N) is 1. The minimum atomic E-state index is -4.46. The molecule has 4 N–H and O–H groups in total. The number of rotatable bonds is 12. The maximum Gasteiger partial charge on any atom is 0.510 e. The maximum atomic E-state index is 13.7. The summed E-state index contributed by atoms with van der Waals surface area (Å²) in [5.41, 5.74) is 4.83. The number of ether oxygens (including phenoxy) is 4. The van der Waals surface area contributed by atoms with Crippen LogP contribution in [-0.4, -0.2) is 80.1 Å².